The van der Waals surface area contributed by atoms with Crippen molar-refractivity contribution in [2.45, 2.75) is 38.3 Å². The minimum atomic E-state index is 0.350. The lowest BCUT2D eigenvalue weighted by atomic mass is 10.3. The van der Waals surface area contributed by atoms with E-state index in [1.54, 1.807) is 12.5 Å². The maximum absolute atomic E-state index is 5.95. The molecule has 0 unspecified atom stereocenters. The number of aromatic nitrogens is 2. The van der Waals surface area contributed by atoms with Gasteiger partial charge in [0.15, 0.2) is 5.75 Å². The third-order valence-corrected chi connectivity index (χ3v) is 4.03. The lowest BCUT2D eigenvalue weighted by Crippen LogP contribution is -2.11. The molecule has 1 aliphatic carbocycles. The van der Waals surface area contributed by atoms with Crippen LogP contribution >= 0.6 is 15.9 Å². The summed E-state index contributed by atoms with van der Waals surface area (Å²) in [5.41, 5.74) is 0. The normalized spacial score (nSPS) is 16.3. The van der Waals surface area contributed by atoms with Crippen LogP contribution in [0.4, 0.5) is 0 Å². The van der Waals surface area contributed by atoms with Gasteiger partial charge in [0.05, 0.1) is 18.6 Å². The molecule has 18 heavy (non-hydrogen) atoms. The first-order valence-corrected chi connectivity index (χ1v) is 7.02. The van der Waals surface area contributed by atoms with E-state index >= 15 is 0 Å². The van der Waals surface area contributed by atoms with Crippen LogP contribution in [0, 0.1) is 0 Å². The average Bonchev–Trinajstić information content (AvgIpc) is 3.08. The molecule has 0 radical (unpaired) electrons. The Bertz CT molecular complexity index is 501. The SMILES string of the molecule is Brc1c(OC2CCCC2)cnn1Cc1ccco1. The fraction of sp³-hybridized carbons (Fsp3) is 0.462. The maximum Gasteiger partial charge on any atom is 0.172 e. The van der Waals surface area contributed by atoms with Crippen molar-refractivity contribution in [1.82, 2.24) is 9.78 Å². The summed E-state index contributed by atoms with van der Waals surface area (Å²) in [6.07, 6.45) is 8.62. The molecule has 0 spiro atoms. The zero-order chi connectivity index (χ0) is 12.4. The monoisotopic (exact) mass is 310 g/mol. The second-order valence-corrected chi connectivity index (χ2v) is 5.31. The molecule has 1 fully saturated rings. The summed E-state index contributed by atoms with van der Waals surface area (Å²) in [4.78, 5) is 0. The summed E-state index contributed by atoms with van der Waals surface area (Å²) < 4.78 is 14.0. The highest BCUT2D eigenvalue weighted by Gasteiger charge is 2.19. The van der Waals surface area contributed by atoms with Crippen LogP contribution < -0.4 is 4.74 Å². The highest BCUT2D eigenvalue weighted by molar-refractivity contribution is 9.10. The minimum absolute atomic E-state index is 0.350. The van der Waals surface area contributed by atoms with Gasteiger partial charge in [-0.3, -0.25) is 0 Å². The molecule has 4 nitrogen and oxygen atoms in total. The molecule has 0 aliphatic heterocycles. The van der Waals surface area contributed by atoms with Crippen molar-refractivity contribution in [3.63, 3.8) is 0 Å². The highest BCUT2D eigenvalue weighted by Crippen LogP contribution is 2.30. The van der Waals surface area contributed by atoms with Crippen molar-refractivity contribution < 1.29 is 9.15 Å². The van der Waals surface area contributed by atoms with Crippen LogP contribution in [0.1, 0.15) is 31.4 Å². The van der Waals surface area contributed by atoms with Crippen LogP contribution in [0.2, 0.25) is 0 Å². The molecule has 0 atom stereocenters. The minimum Gasteiger partial charge on any atom is -0.486 e. The van der Waals surface area contributed by atoms with Gasteiger partial charge in [0, 0.05) is 0 Å². The number of furan rings is 1. The van der Waals surface area contributed by atoms with Gasteiger partial charge in [-0.2, -0.15) is 5.10 Å². The second-order valence-electron chi connectivity index (χ2n) is 4.56. The van der Waals surface area contributed by atoms with Crippen molar-refractivity contribution in [2.24, 2.45) is 0 Å². The van der Waals surface area contributed by atoms with E-state index in [2.05, 4.69) is 21.0 Å². The summed E-state index contributed by atoms with van der Waals surface area (Å²) in [5.74, 6) is 1.71. The largest absolute Gasteiger partial charge is 0.486 e. The van der Waals surface area contributed by atoms with E-state index < -0.39 is 0 Å². The Morgan fingerprint density at radius 1 is 1.44 bits per heavy atom. The van der Waals surface area contributed by atoms with Gasteiger partial charge in [0.2, 0.25) is 0 Å². The molecule has 2 heterocycles. The standard InChI is InChI=1S/C13H15BrN2O2/c14-13-12(18-10-4-1-2-5-10)8-15-16(13)9-11-6-3-7-17-11/h3,6-8,10H,1-2,4-5,9H2. The van der Waals surface area contributed by atoms with E-state index in [0.717, 1.165) is 29.0 Å². The van der Waals surface area contributed by atoms with Gasteiger partial charge < -0.3 is 9.15 Å². The fourth-order valence-electron chi connectivity index (χ4n) is 2.28. The maximum atomic E-state index is 5.95. The predicted octanol–water partition coefficient (Wildman–Crippen LogP) is 3.61. The zero-order valence-corrected chi connectivity index (χ0v) is 11.6. The number of ether oxygens (including phenoxy) is 1. The van der Waals surface area contributed by atoms with E-state index in [0.29, 0.717) is 12.6 Å². The summed E-state index contributed by atoms with van der Waals surface area (Å²) in [5, 5.41) is 4.32. The van der Waals surface area contributed by atoms with Crippen molar-refractivity contribution in [2.75, 3.05) is 0 Å². The van der Waals surface area contributed by atoms with Gasteiger partial charge in [-0.05, 0) is 53.7 Å². The van der Waals surface area contributed by atoms with Crippen molar-refractivity contribution in [1.29, 1.82) is 0 Å². The van der Waals surface area contributed by atoms with E-state index in [1.807, 2.05) is 16.8 Å². The van der Waals surface area contributed by atoms with Gasteiger partial charge in [-0.1, -0.05) is 0 Å². The Morgan fingerprint density at radius 3 is 3.00 bits per heavy atom. The molecule has 96 valence electrons. The van der Waals surface area contributed by atoms with Crippen molar-refractivity contribution in [3.05, 3.63) is 35.0 Å². The van der Waals surface area contributed by atoms with Crippen LogP contribution in [0.15, 0.2) is 33.6 Å². The summed E-state index contributed by atoms with van der Waals surface area (Å²) in [7, 11) is 0. The first-order chi connectivity index (χ1) is 8.83. The third kappa shape index (κ3) is 2.46. The van der Waals surface area contributed by atoms with Gasteiger partial charge in [-0.15, -0.1) is 0 Å². The Kier molecular flexibility index (Phi) is 3.41. The van der Waals surface area contributed by atoms with Gasteiger partial charge >= 0.3 is 0 Å². The number of hydrogen-bond donors (Lipinski definition) is 0. The quantitative estimate of drug-likeness (QED) is 0.866. The molecule has 1 saturated carbocycles. The second kappa shape index (κ2) is 5.18. The summed E-state index contributed by atoms with van der Waals surface area (Å²) >= 11 is 3.54. The van der Waals surface area contributed by atoms with Crippen molar-refractivity contribution in [3.8, 4) is 5.75 Å². The van der Waals surface area contributed by atoms with Crippen LogP contribution in [-0.2, 0) is 6.54 Å². The number of halogens is 1. The predicted molar refractivity (Wildman–Crippen MR) is 70.6 cm³/mol. The first kappa shape index (κ1) is 11.8. The average molecular weight is 311 g/mol. The molecule has 2 aromatic heterocycles. The molecule has 0 N–H and O–H groups in total. The molecule has 0 aromatic carbocycles. The Hall–Kier alpha value is -1.23. The molecule has 2 aromatic rings. The van der Waals surface area contributed by atoms with Crippen LogP contribution in [0.25, 0.3) is 0 Å². The molecule has 1 aliphatic rings. The number of hydrogen-bond acceptors (Lipinski definition) is 3. The highest BCUT2D eigenvalue weighted by atomic mass is 79.9. The van der Waals surface area contributed by atoms with Crippen molar-refractivity contribution >= 4 is 15.9 Å². The van der Waals surface area contributed by atoms with Gasteiger partial charge in [-0.25, -0.2) is 4.68 Å². The third-order valence-electron chi connectivity index (χ3n) is 3.23. The van der Waals surface area contributed by atoms with E-state index in [1.165, 1.54) is 12.8 Å². The molecule has 0 saturated heterocycles. The molecular formula is C13H15BrN2O2. The smallest absolute Gasteiger partial charge is 0.172 e. The Labute approximate surface area is 114 Å². The van der Waals surface area contributed by atoms with Gasteiger partial charge in [0.1, 0.15) is 16.9 Å². The van der Waals surface area contributed by atoms with E-state index in [4.69, 9.17) is 9.15 Å². The zero-order valence-electron chi connectivity index (χ0n) is 10.0. The first-order valence-electron chi connectivity index (χ1n) is 6.23. The molecular weight excluding hydrogens is 296 g/mol. The number of nitrogens with zero attached hydrogens (tertiary/aromatic N) is 2. The van der Waals surface area contributed by atoms with Crippen LogP contribution in [0.5, 0.6) is 5.75 Å². The van der Waals surface area contributed by atoms with E-state index in [9.17, 15) is 0 Å². The Morgan fingerprint density at radius 2 is 2.28 bits per heavy atom. The summed E-state index contributed by atoms with van der Waals surface area (Å²) in [6, 6.07) is 3.81. The molecule has 3 rings (SSSR count). The van der Waals surface area contributed by atoms with Gasteiger partial charge in [0.25, 0.3) is 0 Å². The van der Waals surface area contributed by atoms with Crippen LogP contribution in [0.3, 0.4) is 0 Å². The lowest BCUT2D eigenvalue weighted by Gasteiger charge is -2.11. The topological polar surface area (TPSA) is 40.2 Å². The fourth-order valence-corrected chi connectivity index (χ4v) is 2.69. The lowest BCUT2D eigenvalue weighted by molar-refractivity contribution is 0.208. The molecule has 0 bridgehead atoms. The van der Waals surface area contributed by atoms with E-state index in [-0.39, 0.29) is 0 Å². The molecule has 0 amide bonds. The summed E-state index contributed by atoms with van der Waals surface area (Å²) in [6.45, 7) is 0.613. The number of rotatable bonds is 4. The molecule has 5 heteroatoms. The van der Waals surface area contributed by atoms with Crippen LogP contribution in [-0.4, -0.2) is 15.9 Å². The Balaban J connectivity index is 1.71.